The van der Waals surface area contributed by atoms with Crippen molar-refractivity contribution < 1.29 is 0 Å². The van der Waals surface area contributed by atoms with Crippen LogP contribution < -0.4 is 5.73 Å². The Hall–Kier alpha value is -0.820. The van der Waals surface area contributed by atoms with Crippen molar-refractivity contribution >= 4 is 0 Å². The van der Waals surface area contributed by atoms with E-state index in [1.54, 1.807) is 11.1 Å². The van der Waals surface area contributed by atoms with Gasteiger partial charge in [-0.3, -0.25) is 0 Å². The number of rotatable bonds is 1. The molecular formula is C17H25N. The van der Waals surface area contributed by atoms with Gasteiger partial charge in [-0.25, -0.2) is 0 Å². The van der Waals surface area contributed by atoms with Gasteiger partial charge < -0.3 is 5.73 Å². The van der Waals surface area contributed by atoms with E-state index in [0.29, 0.717) is 6.54 Å². The molecule has 3 unspecified atom stereocenters. The van der Waals surface area contributed by atoms with Crippen molar-refractivity contribution in [3.05, 3.63) is 34.4 Å². The molecule has 1 aromatic carbocycles. The van der Waals surface area contributed by atoms with Crippen molar-refractivity contribution in [2.75, 3.05) is 0 Å². The summed E-state index contributed by atoms with van der Waals surface area (Å²) < 4.78 is 0. The Morgan fingerprint density at radius 2 is 2.06 bits per heavy atom. The third kappa shape index (κ3) is 1.80. The summed E-state index contributed by atoms with van der Waals surface area (Å²) in [7, 11) is 0. The molecule has 1 heteroatoms. The molecule has 98 valence electrons. The van der Waals surface area contributed by atoms with Gasteiger partial charge in [-0.1, -0.05) is 31.9 Å². The lowest BCUT2D eigenvalue weighted by molar-refractivity contribution is 0.195. The van der Waals surface area contributed by atoms with E-state index in [1.807, 2.05) is 0 Å². The first-order valence-electron chi connectivity index (χ1n) is 7.53. The van der Waals surface area contributed by atoms with E-state index in [-0.39, 0.29) is 0 Å². The predicted molar refractivity (Wildman–Crippen MR) is 76.6 cm³/mol. The maximum absolute atomic E-state index is 5.84. The van der Waals surface area contributed by atoms with Gasteiger partial charge in [0.15, 0.2) is 0 Å². The number of fused-ring (bicyclic) bond motifs is 3. The summed E-state index contributed by atoms with van der Waals surface area (Å²) >= 11 is 0. The normalized spacial score (nSPS) is 30.7. The van der Waals surface area contributed by atoms with Gasteiger partial charge in [0.1, 0.15) is 0 Å². The molecule has 0 saturated heterocycles. The lowest BCUT2D eigenvalue weighted by atomic mass is 9.63. The molecule has 18 heavy (non-hydrogen) atoms. The maximum atomic E-state index is 5.84. The Kier molecular flexibility index (Phi) is 3.19. The van der Waals surface area contributed by atoms with Gasteiger partial charge >= 0.3 is 0 Å². The summed E-state index contributed by atoms with van der Waals surface area (Å²) in [6.45, 7) is 5.42. The fourth-order valence-corrected chi connectivity index (χ4v) is 4.39. The molecule has 1 aromatic rings. The molecule has 0 aromatic heterocycles. The lowest BCUT2D eigenvalue weighted by Gasteiger charge is -2.42. The van der Waals surface area contributed by atoms with Gasteiger partial charge in [0, 0.05) is 6.54 Å². The van der Waals surface area contributed by atoms with Crippen LogP contribution in [0.5, 0.6) is 0 Å². The Balaban J connectivity index is 2.02. The van der Waals surface area contributed by atoms with E-state index in [9.17, 15) is 0 Å². The number of benzene rings is 1. The molecule has 3 atom stereocenters. The smallest absolute Gasteiger partial charge is 0.0180 e. The second-order valence-electron chi connectivity index (χ2n) is 6.34. The summed E-state index contributed by atoms with van der Waals surface area (Å²) in [6.07, 6.45) is 6.94. The highest BCUT2D eigenvalue weighted by molar-refractivity contribution is 5.44. The minimum atomic E-state index is 0.684. The zero-order valence-electron chi connectivity index (χ0n) is 11.7. The molecule has 2 aliphatic rings. The topological polar surface area (TPSA) is 26.0 Å². The molecule has 0 bridgehead atoms. The number of hydrogen-bond donors (Lipinski definition) is 1. The first-order chi connectivity index (χ1) is 8.72. The molecule has 0 heterocycles. The van der Waals surface area contributed by atoms with Crippen LogP contribution in [-0.4, -0.2) is 0 Å². The molecular weight excluding hydrogens is 218 g/mol. The fourth-order valence-electron chi connectivity index (χ4n) is 4.39. The van der Waals surface area contributed by atoms with Crippen molar-refractivity contribution in [1.29, 1.82) is 0 Å². The summed E-state index contributed by atoms with van der Waals surface area (Å²) in [4.78, 5) is 0. The van der Waals surface area contributed by atoms with Crippen molar-refractivity contribution in [1.82, 2.24) is 0 Å². The number of hydrogen-bond acceptors (Lipinski definition) is 1. The molecule has 3 rings (SSSR count). The standard InChI is InChI=1S/C17H25N/c1-11-4-3-5-16-14(11)8-9-15-12(2)13(10-18)6-7-17(15)16/h6-7,11,14,16H,3-5,8-10,18H2,1-2H3. The van der Waals surface area contributed by atoms with Crippen LogP contribution in [0.2, 0.25) is 0 Å². The van der Waals surface area contributed by atoms with E-state index in [0.717, 1.165) is 17.8 Å². The third-order valence-corrected chi connectivity index (χ3v) is 5.52. The maximum Gasteiger partial charge on any atom is 0.0180 e. The zero-order valence-corrected chi connectivity index (χ0v) is 11.7. The van der Waals surface area contributed by atoms with E-state index < -0.39 is 0 Å². The largest absolute Gasteiger partial charge is 0.326 e. The van der Waals surface area contributed by atoms with Crippen LogP contribution in [0.4, 0.5) is 0 Å². The number of nitrogens with two attached hydrogens (primary N) is 1. The average molecular weight is 243 g/mol. The van der Waals surface area contributed by atoms with E-state index in [4.69, 9.17) is 5.73 Å². The highest BCUT2D eigenvalue weighted by atomic mass is 14.5. The summed E-state index contributed by atoms with van der Waals surface area (Å²) in [6, 6.07) is 4.66. The van der Waals surface area contributed by atoms with Crippen LogP contribution in [0.3, 0.4) is 0 Å². The summed E-state index contributed by atoms with van der Waals surface area (Å²) in [5.74, 6) is 2.70. The van der Waals surface area contributed by atoms with Crippen LogP contribution in [0, 0.1) is 18.8 Å². The fraction of sp³-hybridized carbons (Fsp3) is 0.647. The molecule has 0 radical (unpaired) electrons. The molecule has 2 aliphatic carbocycles. The van der Waals surface area contributed by atoms with Crippen LogP contribution >= 0.6 is 0 Å². The Bertz CT molecular complexity index is 449. The van der Waals surface area contributed by atoms with E-state index >= 15 is 0 Å². The second kappa shape index (κ2) is 4.70. The second-order valence-corrected chi connectivity index (χ2v) is 6.34. The Labute approximate surface area is 111 Å². The first kappa shape index (κ1) is 12.2. The van der Waals surface area contributed by atoms with Crippen molar-refractivity contribution in [3.63, 3.8) is 0 Å². The molecule has 1 nitrogen and oxygen atoms in total. The zero-order chi connectivity index (χ0) is 12.7. The predicted octanol–water partition coefficient (Wildman–Crippen LogP) is 3.92. The minimum absolute atomic E-state index is 0.684. The Morgan fingerprint density at radius 3 is 2.83 bits per heavy atom. The van der Waals surface area contributed by atoms with E-state index in [2.05, 4.69) is 26.0 Å². The lowest BCUT2D eigenvalue weighted by Crippen LogP contribution is -2.30. The molecule has 1 fully saturated rings. The summed E-state index contributed by atoms with van der Waals surface area (Å²) in [5, 5.41) is 0. The monoisotopic (exact) mass is 243 g/mol. The quantitative estimate of drug-likeness (QED) is 0.795. The van der Waals surface area contributed by atoms with Gasteiger partial charge in [-0.15, -0.1) is 0 Å². The SMILES string of the molecule is Cc1c(CN)ccc2c1CCC1C(C)CCCC21. The molecule has 0 amide bonds. The van der Waals surface area contributed by atoms with Gasteiger partial charge in [-0.05, 0) is 66.2 Å². The molecule has 0 spiro atoms. The minimum Gasteiger partial charge on any atom is -0.326 e. The van der Waals surface area contributed by atoms with E-state index in [1.165, 1.54) is 43.2 Å². The third-order valence-electron chi connectivity index (χ3n) is 5.52. The van der Waals surface area contributed by atoms with Crippen LogP contribution in [0.1, 0.15) is 60.8 Å². The summed E-state index contributed by atoms with van der Waals surface area (Å²) in [5.41, 5.74) is 12.0. The van der Waals surface area contributed by atoms with Crippen molar-refractivity contribution in [3.8, 4) is 0 Å². The highest BCUT2D eigenvalue weighted by Gasteiger charge is 2.36. The van der Waals surface area contributed by atoms with Gasteiger partial charge in [-0.2, -0.15) is 0 Å². The molecule has 0 aliphatic heterocycles. The van der Waals surface area contributed by atoms with Gasteiger partial charge in [0.05, 0.1) is 0 Å². The van der Waals surface area contributed by atoms with Crippen LogP contribution in [0.25, 0.3) is 0 Å². The van der Waals surface area contributed by atoms with Gasteiger partial charge in [0.25, 0.3) is 0 Å². The average Bonchev–Trinajstić information content (AvgIpc) is 2.39. The van der Waals surface area contributed by atoms with Crippen molar-refractivity contribution in [2.45, 2.75) is 58.4 Å². The van der Waals surface area contributed by atoms with Crippen LogP contribution in [-0.2, 0) is 13.0 Å². The van der Waals surface area contributed by atoms with Crippen LogP contribution in [0.15, 0.2) is 12.1 Å². The van der Waals surface area contributed by atoms with Crippen molar-refractivity contribution in [2.24, 2.45) is 17.6 Å². The first-order valence-corrected chi connectivity index (χ1v) is 7.53. The van der Waals surface area contributed by atoms with Gasteiger partial charge in [0.2, 0.25) is 0 Å². The Morgan fingerprint density at radius 1 is 1.22 bits per heavy atom. The molecule has 2 N–H and O–H groups in total. The molecule has 1 saturated carbocycles. The highest BCUT2D eigenvalue weighted by Crippen LogP contribution is 2.48.